The Morgan fingerprint density at radius 3 is 2.52 bits per heavy atom. The highest BCUT2D eigenvalue weighted by Gasteiger charge is 2.41. The summed E-state index contributed by atoms with van der Waals surface area (Å²) in [5.74, 6) is 6.44. The third kappa shape index (κ3) is 7.86. The molecule has 0 radical (unpaired) electrons. The second-order valence-electron chi connectivity index (χ2n) is 12.9. The first-order valence-electron chi connectivity index (χ1n) is 15.9. The minimum absolute atomic E-state index is 0.0661. The van der Waals surface area contributed by atoms with Gasteiger partial charge in [0.1, 0.15) is 19.5 Å². The van der Waals surface area contributed by atoms with Gasteiger partial charge in [-0.3, -0.25) is 4.90 Å². The smallest absolute Gasteiger partial charge is 0.393 e. The summed E-state index contributed by atoms with van der Waals surface area (Å²) in [6.07, 6.45) is 0.821. The van der Waals surface area contributed by atoms with Crippen molar-refractivity contribution < 1.29 is 32.3 Å². The van der Waals surface area contributed by atoms with Crippen molar-refractivity contribution in [2.24, 2.45) is 0 Å². The number of aliphatic hydroxyl groups excluding tert-OH is 1. The van der Waals surface area contributed by atoms with E-state index >= 15 is 0 Å². The molecule has 0 amide bonds. The van der Waals surface area contributed by atoms with Gasteiger partial charge in [0, 0.05) is 36.9 Å². The molecular weight excluding hydrogens is 634 g/mol. The van der Waals surface area contributed by atoms with E-state index in [1.165, 1.54) is 17.8 Å². The lowest BCUT2D eigenvalue weighted by Gasteiger charge is -2.50. The molecule has 7 rings (SSSR count). The number of aliphatic hydroxyl groups is 1. The largest absolute Gasteiger partial charge is 0.489 e. The number of benzene rings is 2. The van der Waals surface area contributed by atoms with Crippen molar-refractivity contribution in [2.75, 3.05) is 56.8 Å². The van der Waals surface area contributed by atoms with E-state index < -0.39 is 19.7 Å². The van der Waals surface area contributed by atoms with Crippen LogP contribution in [0.4, 0.5) is 24.5 Å². The predicted octanol–water partition coefficient (Wildman–Crippen LogP) is 6.29. The Bertz CT molecular complexity index is 1640. The van der Waals surface area contributed by atoms with Crippen LogP contribution < -0.4 is 20.7 Å². The van der Waals surface area contributed by atoms with Crippen LogP contribution in [0.2, 0.25) is 0 Å². The molecule has 1 saturated carbocycles. The van der Waals surface area contributed by atoms with Gasteiger partial charge in [-0.15, -0.1) is 11.3 Å². The van der Waals surface area contributed by atoms with E-state index in [9.17, 15) is 22.8 Å². The van der Waals surface area contributed by atoms with Gasteiger partial charge in [-0.25, -0.2) is 0 Å². The zero-order chi connectivity index (χ0) is 32.5. The molecule has 3 aromatic rings. The molecule has 12 heteroatoms. The van der Waals surface area contributed by atoms with Gasteiger partial charge in [0.15, 0.2) is 0 Å². The summed E-state index contributed by atoms with van der Waals surface area (Å²) in [5.41, 5.74) is 1.66. The number of nitrogens with one attached hydrogen (secondary N) is 2. The van der Waals surface area contributed by atoms with Crippen molar-refractivity contribution in [1.29, 1.82) is 0 Å². The molecule has 248 valence electrons. The Labute approximate surface area is 272 Å². The van der Waals surface area contributed by atoms with Gasteiger partial charge < -0.3 is 29.8 Å². The first-order valence-corrected chi connectivity index (χ1v) is 19.3. The standard InChI is InChI=1S/C34H41F3N3O4PS/c1-45(2,42)26-12-13-29(31(18-26)43-16-15-41)38-14-4-7-32-28(19-34(35,36)37)27-5-3-6-30(33(27)46-32)39-22-8-10-23(11-9-22)40-20-24-17-25(21-40)44-24/h3,5-6,12-13,18,22-25,38-39,41H,8-11,14-17,19-21H2,1-2H3. The number of fused-ring (bicyclic) bond motifs is 3. The Morgan fingerprint density at radius 1 is 1.11 bits per heavy atom. The van der Waals surface area contributed by atoms with Gasteiger partial charge in [0.05, 0.1) is 52.7 Å². The van der Waals surface area contributed by atoms with E-state index in [2.05, 4.69) is 27.4 Å². The highest BCUT2D eigenvalue weighted by molar-refractivity contribution is 7.70. The Kier molecular flexibility index (Phi) is 9.94. The van der Waals surface area contributed by atoms with Gasteiger partial charge in [0.25, 0.3) is 0 Å². The lowest BCUT2D eigenvalue weighted by Crippen LogP contribution is -2.60. The maximum absolute atomic E-state index is 13.8. The number of rotatable bonds is 10. The van der Waals surface area contributed by atoms with E-state index in [1.54, 1.807) is 37.6 Å². The summed E-state index contributed by atoms with van der Waals surface area (Å²) in [4.78, 5) is 3.00. The van der Waals surface area contributed by atoms with Crippen molar-refractivity contribution >= 4 is 45.2 Å². The zero-order valence-electron chi connectivity index (χ0n) is 26.2. The zero-order valence-corrected chi connectivity index (χ0v) is 27.9. The lowest BCUT2D eigenvalue weighted by molar-refractivity contribution is -0.189. The molecule has 46 heavy (non-hydrogen) atoms. The maximum atomic E-state index is 13.8. The van der Waals surface area contributed by atoms with E-state index in [1.807, 2.05) is 12.1 Å². The third-order valence-corrected chi connectivity index (χ3v) is 11.8. The van der Waals surface area contributed by atoms with Crippen molar-refractivity contribution in [1.82, 2.24) is 4.90 Å². The Hall–Kier alpha value is -2.74. The first kappa shape index (κ1) is 33.2. The molecule has 3 saturated heterocycles. The summed E-state index contributed by atoms with van der Waals surface area (Å²) in [6.45, 7) is 5.43. The van der Waals surface area contributed by atoms with Crippen molar-refractivity contribution in [3.63, 3.8) is 0 Å². The van der Waals surface area contributed by atoms with Gasteiger partial charge in [-0.05, 0) is 74.2 Å². The van der Waals surface area contributed by atoms with Crippen LogP contribution in [0.15, 0.2) is 36.4 Å². The molecule has 7 nitrogen and oxygen atoms in total. The molecule has 3 aliphatic heterocycles. The number of hydrogen-bond donors (Lipinski definition) is 3. The van der Waals surface area contributed by atoms with Crippen LogP contribution in [0.1, 0.15) is 42.5 Å². The summed E-state index contributed by atoms with van der Waals surface area (Å²) in [7, 11) is -2.53. The fourth-order valence-corrected chi connectivity index (χ4v) is 8.81. The van der Waals surface area contributed by atoms with E-state index in [0.717, 1.165) is 49.2 Å². The molecule has 2 unspecified atom stereocenters. The van der Waals surface area contributed by atoms with E-state index in [4.69, 9.17) is 9.47 Å². The van der Waals surface area contributed by atoms with Crippen LogP contribution in [-0.2, 0) is 15.7 Å². The summed E-state index contributed by atoms with van der Waals surface area (Å²) < 4.78 is 66.1. The van der Waals surface area contributed by atoms with Crippen LogP contribution in [0.5, 0.6) is 5.75 Å². The normalized spacial score (nSPS) is 23.3. The van der Waals surface area contributed by atoms with Crippen LogP contribution in [0, 0.1) is 11.8 Å². The molecule has 4 heterocycles. The van der Waals surface area contributed by atoms with Crippen LogP contribution >= 0.6 is 18.5 Å². The number of halogens is 3. The quantitative estimate of drug-likeness (QED) is 0.172. The first-order chi connectivity index (χ1) is 22.0. The number of hydrogen-bond acceptors (Lipinski definition) is 8. The number of thiophene rings is 1. The van der Waals surface area contributed by atoms with Crippen molar-refractivity contribution in [3.8, 4) is 17.6 Å². The topological polar surface area (TPSA) is 83.1 Å². The average Bonchev–Trinajstić information content (AvgIpc) is 3.34. The number of ether oxygens (including phenoxy) is 2. The molecule has 4 fully saturated rings. The van der Waals surface area contributed by atoms with Crippen molar-refractivity contribution in [3.05, 3.63) is 46.8 Å². The number of nitrogens with zero attached hydrogens (tertiary/aromatic N) is 1. The van der Waals surface area contributed by atoms with Gasteiger partial charge in [-0.2, -0.15) is 13.2 Å². The number of morpholine rings is 1. The molecule has 3 N–H and O–H groups in total. The predicted molar refractivity (Wildman–Crippen MR) is 180 cm³/mol. The second-order valence-corrected chi connectivity index (χ2v) is 17.1. The highest BCUT2D eigenvalue weighted by Crippen LogP contribution is 2.41. The molecule has 2 aromatic carbocycles. The SMILES string of the molecule is CP(C)(=O)c1ccc(NCC#Cc2sc3c(NC4CCC(N5CC6CC(C5)O6)CC4)cccc3c2CC(F)(F)F)c(OCCO)c1. The van der Waals surface area contributed by atoms with E-state index in [0.29, 0.717) is 45.3 Å². The molecule has 2 bridgehead atoms. The lowest BCUT2D eigenvalue weighted by atomic mass is 9.87. The monoisotopic (exact) mass is 675 g/mol. The minimum atomic E-state index is -4.37. The van der Waals surface area contributed by atoms with Gasteiger partial charge in [-0.1, -0.05) is 24.0 Å². The summed E-state index contributed by atoms with van der Waals surface area (Å²) >= 11 is 1.30. The molecule has 2 atom stereocenters. The average molecular weight is 676 g/mol. The van der Waals surface area contributed by atoms with Crippen LogP contribution in [-0.4, -0.2) is 86.7 Å². The fraction of sp³-hybridized carbons (Fsp3) is 0.529. The summed E-state index contributed by atoms with van der Waals surface area (Å²) in [5, 5.41) is 17.3. The fourth-order valence-electron chi connectivity index (χ4n) is 6.78. The number of piperidine rings is 1. The molecule has 4 aliphatic rings. The molecule has 0 spiro atoms. The second kappa shape index (κ2) is 13.8. The van der Waals surface area contributed by atoms with E-state index in [-0.39, 0.29) is 31.4 Å². The Balaban J connectivity index is 1.17. The van der Waals surface area contributed by atoms with Crippen LogP contribution in [0.3, 0.4) is 0 Å². The van der Waals surface area contributed by atoms with Gasteiger partial charge in [0.2, 0.25) is 0 Å². The maximum Gasteiger partial charge on any atom is 0.393 e. The highest BCUT2D eigenvalue weighted by atomic mass is 32.1. The van der Waals surface area contributed by atoms with Crippen LogP contribution in [0.25, 0.3) is 10.1 Å². The summed E-state index contributed by atoms with van der Waals surface area (Å²) in [6, 6.07) is 11.6. The molecular formula is C34H41F3N3O4PS. The number of anilines is 2. The molecule has 1 aromatic heterocycles. The Morgan fingerprint density at radius 2 is 1.85 bits per heavy atom. The third-order valence-electron chi connectivity index (χ3n) is 9.06. The van der Waals surface area contributed by atoms with Gasteiger partial charge >= 0.3 is 6.18 Å². The van der Waals surface area contributed by atoms with Crippen molar-refractivity contribution in [2.45, 2.75) is 69.0 Å². The molecule has 1 aliphatic carbocycles. The minimum Gasteiger partial charge on any atom is -0.489 e. The number of alkyl halides is 3.